The van der Waals surface area contributed by atoms with Crippen molar-refractivity contribution in [2.45, 2.75) is 38.7 Å². The molecule has 0 unspecified atom stereocenters. The van der Waals surface area contributed by atoms with E-state index in [1.807, 2.05) is 0 Å². The van der Waals surface area contributed by atoms with Gasteiger partial charge in [0, 0.05) is 31.5 Å². The Hall–Kier alpha value is -2.06. The number of aryl methyl sites for hydroxylation is 1. The van der Waals surface area contributed by atoms with Gasteiger partial charge in [-0.2, -0.15) is 0 Å². The molecule has 0 radical (unpaired) electrons. The van der Waals surface area contributed by atoms with Crippen LogP contribution in [0, 0.1) is 0 Å². The number of fused-ring (bicyclic) bond motifs is 1. The number of hydrogen-bond acceptors (Lipinski definition) is 2. The largest absolute Gasteiger partial charge is 0.482 e. The number of para-hydroxylation sites is 1. The fraction of sp³-hybridized carbons (Fsp3) is 0.391. The van der Waals surface area contributed by atoms with Gasteiger partial charge in [0.2, 0.25) is 0 Å². The van der Waals surface area contributed by atoms with Crippen molar-refractivity contribution in [3.8, 4) is 5.75 Å². The maximum Gasteiger partial charge on any atom is 0.130 e. The van der Waals surface area contributed by atoms with Crippen LogP contribution in [0.1, 0.15) is 43.4 Å². The zero-order valence-corrected chi connectivity index (χ0v) is 15.3. The predicted molar refractivity (Wildman–Crippen MR) is 104 cm³/mol. The predicted octanol–water partition coefficient (Wildman–Crippen LogP) is 4.93. The molecule has 2 aromatic rings. The van der Waals surface area contributed by atoms with Gasteiger partial charge in [0.25, 0.3) is 0 Å². The van der Waals surface area contributed by atoms with Gasteiger partial charge in [-0.05, 0) is 41.8 Å². The first-order valence-electron chi connectivity index (χ1n) is 9.56. The van der Waals surface area contributed by atoms with Crippen LogP contribution in [0.25, 0.3) is 5.57 Å². The van der Waals surface area contributed by atoms with Crippen LogP contribution in [-0.2, 0) is 6.42 Å². The first-order valence-corrected chi connectivity index (χ1v) is 9.56. The first kappa shape index (κ1) is 16.4. The molecular formula is C23H27NO. The van der Waals surface area contributed by atoms with Crippen LogP contribution in [0.2, 0.25) is 0 Å². The highest BCUT2D eigenvalue weighted by Crippen LogP contribution is 2.43. The fourth-order valence-electron chi connectivity index (χ4n) is 4.02. The average molecular weight is 333 g/mol. The minimum Gasteiger partial charge on any atom is -0.482 e. The summed E-state index contributed by atoms with van der Waals surface area (Å²) in [5, 5.41) is 0. The molecule has 0 amide bonds. The van der Waals surface area contributed by atoms with Gasteiger partial charge in [-0.25, -0.2) is 0 Å². The van der Waals surface area contributed by atoms with Crippen LogP contribution in [0.4, 0.5) is 0 Å². The fourth-order valence-corrected chi connectivity index (χ4v) is 4.02. The molecule has 0 N–H and O–H groups in total. The Kier molecular flexibility index (Phi) is 4.39. The van der Waals surface area contributed by atoms with Gasteiger partial charge in [0.15, 0.2) is 0 Å². The highest BCUT2D eigenvalue weighted by Gasteiger charge is 2.38. The summed E-state index contributed by atoms with van der Waals surface area (Å²) in [6, 6.07) is 17.5. The van der Waals surface area contributed by atoms with E-state index < -0.39 is 0 Å². The Morgan fingerprint density at radius 1 is 0.960 bits per heavy atom. The lowest BCUT2D eigenvalue weighted by atomic mass is 9.83. The average Bonchev–Trinajstić information content (AvgIpc) is 2.68. The quantitative estimate of drug-likeness (QED) is 0.790. The molecule has 130 valence electrons. The summed E-state index contributed by atoms with van der Waals surface area (Å²) in [5.74, 6) is 1.03. The molecule has 0 bridgehead atoms. The van der Waals surface area contributed by atoms with Gasteiger partial charge in [-0.3, -0.25) is 0 Å². The summed E-state index contributed by atoms with van der Waals surface area (Å²) < 4.78 is 6.55. The maximum atomic E-state index is 6.55. The Morgan fingerprint density at radius 2 is 1.68 bits per heavy atom. The molecule has 1 saturated heterocycles. The van der Waals surface area contributed by atoms with Crippen molar-refractivity contribution in [2.24, 2.45) is 0 Å². The van der Waals surface area contributed by atoms with E-state index in [0.717, 1.165) is 44.6 Å². The lowest BCUT2D eigenvalue weighted by Crippen LogP contribution is -2.47. The molecule has 2 aromatic carbocycles. The van der Waals surface area contributed by atoms with E-state index >= 15 is 0 Å². The summed E-state index contributed by atoms with van der Waals surface area (Å²) in [5.41, 5.74) is 5.07. The molecule has 2 heteroatoms. The highest BCUT2D eigenvalue weighted by atomic mass is 16.5. The minimum absolute atomic E-state index is 0.154. The Labute approximate surface area is 151 Å². The molecule has 0 aromatic heterocycles. The lowest BCUT2D eigenvalue weighted by Gasteiger charge is -2.43. The summed E-state index contributed by atoms with van der Waals surface area (Å²) >= 11 is 0. The number of nitrogens with zero attached hydrogens (tertiary/aromatic N) is 1. The van der Waals surface area contributed by atoms with E-state index in [9.17, 15) is 0 Å². The third kappa shape index (κ3) is 3.11. The summed E-state index contributed by atoms with van der Waals surface area (Å²) in [7, 11) is 0. The Morgan fingerprint density at radius 3 is 2.36 bits per heavy atom. The van der Waals surface area contributed by atoms with Crippen LogP contribution >= 0.6 is 0 Å². The monoisotopic (exact) mass is 333 g/mol. The molecule has 25 heavy (non-hydrogen) atoms. The van der Waals surface area contributed by atoms with Gasteiger partial charge in [0.1, 0.15) is 11.4 Å². The molecule has 2 aliphatic heterocycles. The van der Waals surface area contributed by atoms with Gasteiger partial charge in [-0.15, -0.1) is 0 Å². The second-order valence-corrected chi connectivity index (χ2v) is 7.21. The molecule has 1 fully saturated rings. The van der Waals surface area contributed by atoms with Crippen LogP contribution in [-0.4, -0.2) is 30.1 Å². The summed E-state index contributed by atoms with van der Waals surface area (Å²) in [6.07, 6.45) is 5.61. The molecule has 1 spiro atoms. The van der Waals surface area contributed by atoms with E-state index in [-0.39, 0.29) is 5.60 Å². The van der Waals surface area contributed by atoms with Crippen LogP contribution in [0.15, 0.2) is 54.6 Å². The van der Waals surface area contributed by atoms with Crippen molar-refractivity contribution in [1.82, 2.24) is 4.90 Å². The SMILES string of the molecule is CCc1ccc(C2=CC3(CCN(CC)CC3)Oc3ccccc32)cc1. The number of hydrogen-bond donors (Lipinski definition) is 0. The van der Waals surface area contributed by atoms with E-state index in [1.165, 1.54) is 22.3 Å². The third-order valence-electron chi connectivity index (χ3n) is 5.72. The van der Waals surface area contributed by atoms with Gasteiger partial charge in [0.05, 0.1) is 0 Å². The van der Waals surface area contributed by atoms with E-state index in [2.05, 4.69) is 73.4 Å². The normalized spacial score (nSPS) is 19.2. The molecule has 2 aliphatic rings. The minimum atomic E-state index is -0.154. The van der Waals surface area contributed by atoms with Gasteiger partial charge < -0.3 is 9.64 Å². The molecule has 2 nitrogen and oxygen atoms in total. The third-order valence-corrected chi connectivity index (χ3v) is 5.72. The van der Waals surface area contributed by atoms with Crippen molar-refractivity contribution >= 4 is 5.57 Å². The zero-order chi connectivity index (χ0) is 17.3. The number of piperidine rings is 1. The topological polar surface area (TPSA) is 12.5 Å². The molecule has 0 atom stereocenters. The van der Waals surface area contributed by atoms with E-state index in [0.29, 0.717) is 0 Å². The van der Waals surface area contributed by atoms with Gasteiger partial charge in [-0.1, -0.05) is 56.3 Å². The number of likely N-dealkylation sites (tertiary alicyclic amines) is 1. The van der Waals surface area contributed by atoms with Crippen molar-refractivity contribution in [3.63, 3.8) is 0 Å². The van der Waals surface area contributed by atoms with E-state index in [1.54, 1.807) is 0 Å². The van der Waals surface area contributed by atoms with Crippen molar-refractivity contribution < 1.29 is 4.74 Å². The standard InChI is InChI=1S/C23H27NO/c1-3-18-9-11-19(12-10-18)21-17-23(13-15-24(4-2)16-14-23)25-22-8-6-5-7-20(21)22/h5-12,17H,3-4,13-16H2,1-2H3. The van der Waals surface area contributed by atoms with Crippen molar-refractivity contribution in [1.29, 1.82) is 0 Å². The summed E-state index contributed by atoms with van der Waals surface area (Å²) in [4.78, 5) is 2.51. The second-order valence-electron chi connectivity index (χ2n) is 7.21. The van der Waals surface area contributed by atoms with Crippen molar-refractivity contribution in [3.05, 3.63) is 71.3 Å². The Balaban J connectivity index is 1.75. The molecule has 0 saturated carbocycles. The van der Waals surface area contributed by atoms with Crippen LogP contribution < -0.4 is 4.74 Å². The zero-order valence-electron chi connectivity index (χ0n) is 15.3. The first-order chi connectivity index (χ1) is 12.2. The number of ether oxygens (including phenoxy) is 1. The second kappa shape index (κ2) is 6.68. The molecular weight excluding hydrogens is 306 g/mol. The number of rotatable bonds is 3. The van der Waals surface area contributed by atoms with Gasteiger partial charge >= 0.3 is 0 Å². The smallest absolute Gasteiger partial charge is 0.130 e. The van der Waals surface area contributed by atoms with Crippen molar-refractivity contribution in [2.75, 3.05) is 19.6 Å². The number of benzene rings is 2. The van der Waals surface area contributed by atoms with Crippen LogP contribution in [0.3, 0.4) is 0 Å². The molecule has 0 aliphatic carbocycles. The molecule has 4 rings (SSSR count). The Bertz CT molecular complexity index is 767. The molecule has 2 heterocycles. The lowest BCUT2D eigenvalue weighted by molar-refractivity contribution is 0.0401. The maximum absolute atomic E-state index is 6.55. The highest BCUT2D eigenvalue weighted by molar-refractivity contribution is 5.84. The van der Waals surface area contributed by atoms with Crippen LogP contribution in [0.5, 0.6) is 5.75 Å². The summed E-state index contributed by atoms with van der Waals surface area (Å²) in [6.45, 7) is 7.79. The van der Waals surface area contributed by atoms with E-state index in [4.69, 9.17) is 4.74 Å².